The minimum Gasteiger partial charge on any atom is -0.467 e. The molecule has 0 amide bonds. The van der Waals surface area contributed by atoms with Crippen LogP contribution in [0, 0.1) is 0 Å². The van der Waals surface area contributed by atoms with Crippen LogP contribution in [0.3, 0.4) is 0 Å². The van der Waals surface area contributed by atoms with Crippen LogP contribution in [0.25, 0.3) is 0 Å². The van der Waals surface area contributed by atoms with E-state index in [1.807, 2.05) is 30.3 Å². The fourth-order valence-electron chi connectivity index (χ4n) is 1.54. The summed E-state index contributed by atoms with van der Waals surface area (Å²) in [5, 5.41) is 22.4. The van der Waals surface area contributed by atoms with E-state index in [4.69, 9.17) is 0 Å². The number of hydrogen-bond donors (Lipinski definition) is 3. The summed E-state index contributed by atoms with van der Waals surface area (Å²) in [6.45, 7) is 1.63. The molecule has 0 spiro atoms. The van der Waals surface area contributed by atoms with Gasteiger partial charge in [-0.15, -0.1) is 0 Å². The van der Waals surface area contributed by atoms with Crippen molar-refractivity contribution in [2.45, 2.75) is 18.6 Å². The van der Waals surface area contributed by atoms with Crippen molar-refractivity contribution in [2.75, 3.05) is 20.2 Å². The molecule has 2 unspecified atom stereocenters. The zero-order chi connectivity index (χ0) is 13.6. The van der Waals surface area contributed by atoms with Crippen LogP contribution < -0.4 is 5.32 Å². The topological polar surface area (TPSA) is 78.8 Å². The molecule has 0 fully saturated rings. The number of aliphatic hydroxyl groups excluding tert-OH is 1. The van der Waals surface area contributed by atoms with Gasteiger partial charge in [-0.1, -0.05) is 30.3 Å². The molecule has 1 aromatic rings. The first-order valence-electron chi connectivity index (χ1n) is 5.72. The number of carbonyl (C=O) groups is 1. The number of esters is 1. The second-order valence-corrected chi connectivity index (χ2v) is 4.32. The van der Waals surface area contributed by atoms with E-state index in [1.165, 1.54) is 14.0 Å². The molecule has 0 radical (unpaired) electrons. The Hall–Kier alpha value is -1.43. The first kappa shape index (κ1) is 14.6. The van der Waals surface area contributed by atoms with Crippen LogP contribution in [0.5, 0.6) is 0 Å². The molecule has 0 aromatic heterocycles. The van der Waals surface area contributed by atoms with Gasteiger partial charge in [0.2, 0.25) is 0 Å². The molecule has 100 valence electrons. The number of rotatable bonds is 6. The van der Waals surface area contributed by atoms with Crippen molar-refractivity contribution in [3.8, 4) is 0 Å². The van der Waals surface area contributed by atoms with E-state index in [0.717, 1.165) is 5.56 Å². The summed E-state index contributed by atoms with van der Waals surface area (Å²) in [5.41, 5.74) is -0.812. The average molecular weight is 253 g/mol. The van der Waals surface area contributed by atoms with E-state index in [-0.39, 0.29) is 13.1 Å². The van der Waals surface area contributed by atoms with Gasteiger partial charge >= 0.3 is 5.97 Å². The standard InChI is InChI=1S/C13H19NO4/c1-13(17,12(16)18-2)9-14-8-11(15)10-6-4-3-5-7-10/h3-7,11,14-15,17H,8-9H2,1-2H3. The summed E-state index contributed by atoms with van der Waals surface area (Å²) < 4.78 is 4.47. The van der Waals surface area contributed by atoms with Gasteiger partial charge in [0.15, 0.2) is 5.60 Å². The molecule has 0 aliphatic heterocycles. The third-order valence-electron chi connectivity index (χ3n) is 2.62. The fraction of sp³-hybridized carbons (Fsp3) is 0.462. The molecule has 1 rings (SSSR count). The van der Waals surface area contributed by atoms with Crippen molar-refractivity contribution in [1.29, 1.82) is 0 Å². The van der Waals surface area contributed by atoms with Gasteiger partial charge in [0.05, 0.1) is 13.2 Å². The first-order valence-corrected chi connectivity index (χ1v) is 5.72. The van der Waals surface area contributed by atoms with Crippen molar-refractivity contribution < 1.29 is 19.7 Å². The molecule has 0 heterocycles. The Kier molecular flexibility index (Phi) is 5.27. The highest BCUT2D eigenvalue weighted by Gasteiger charge is 2.30. The van der Waals surface area contributed by atoms with Gasteiger partial charge < -0.3 is 20.3 Å². The van der Waals surface area contributed by atoms with E-state index in [2.05, 4.69) is 10.1 Å². The van der Waals surface area contributed by atoms with E-state index in [0.29, 0.717) is 0 Å². The summed E-state index contributed by atoms with van der Waals surface area (Å²) in [6, 6.07) is 9.16. The van der Waals surface area contributed by atoms with Gasteiger partial charge in [-0.3, -0.25) is 0 Å². The molecule has 0 aliphatic rings. The van der Waals surface area contributed by atoms with Gasteiger partial charge in [0.1, 0.15) is 0 Å². The minimum atomic E-state index is -1.59. The van der Waals surface area contributed by atoms with Crippen molar-refractivity contribution in [1.82, 2.24) is 5.32 Å². The van der Waals surface area contributed by atoms with E-state index < -0.39 is 17.7 Å². The SMILES string of the molecule is COC(=O)C(C)(O)CNCC(O)c1ccccc1. The van der Waals surface area contributed by atoms with Crippen molar-refractivity contribution >= 4 is 5.97 Å². The normalized spacial score (nSPS) is 15.8. The van der Waals surface area contributed by atoms with Gasteiger partial charge in [0.25, 0.3) is 0 Å². The lowest BCUT2D eigenvalue weighted by Crippen LogP contribution is -2.46. The Morgan fingerprint density at radius 3 is 2.61 bits per heavy atom. The maximum Gasteiger partial charge on any atom is 0.338 e. The van der Waals surface area contributed by atoms with Crippen molar-refractivity contribution in [2.24, 2.45) is 0 Å². The number of benzene rings is 1. The Morgan fingerprint density at radius 1 is 1.44 bits per heavy atom. The molecule has 3 N–H and O–H groups in total. The second-order valence-electron chi connectivity index (χ2n) is 4.32. The third-order valence-corrected chi connectivity index (χ3v) is 2.62. The monoisotopic (exact) mass is 253 g/mol. The average Bonchev–Trinajstić information content (AvgIpc) is 2.38. The number of methoxy groups -OCH3 is 1. The van der Waals surface area contributed by atoms with Gasteiger partial charge in [-0.2, -0.15) is 0 Å². The highest BCUT2D eigenvalue weighted by atomic mass is 16.5. The molecular formula is C13H19NO4. The lowest BCUT2D eigenvalue weighted by atomic mass is 10.1. The van der Waals surface area contributed by atoms with Crippen LogP contribution in [-0.2, 0) is 9.53 Å². The molecule has 5 nitrogen and oxygen atoms in total. The predicted molar refractivity (Wildman–Crippen MR) is 66.9 cm³/mol. The number of nitrogens with one attached hydrogen (secondary N) is 1. The number of hydrogen-bond acceptors (Lipinski definition) is 5. The summed E-state index contributed by atoms with van der Waals surface area (Å²) in [7, 11) is 1.22. The third kappa shape index (κ3) is 4.10. The Morgan fingerprint density at radius 2 is 2.06 bits per heavy atom. The van der Waals surface area contributed by atoms with Crippen LogP contribution in [-0.4, -0.2) is 42.0 Å². The molecule has 0 saturated carbocycles. The van der Waals surface area contributed by atoms with E-state index in [9.17, 15) is 15.0 Å². The summed E-state index contributed by atoms with van der Waals surface area (Å²) >= 11 is 0. The molecule has 2 atom stereocenters. The Bertz CT molecular complexity index is 378. The zero-order valence-corrected chi connectivity index (χ0v) is 10.6. The molecule has 0 saturated heterocycles. The molecule has 0 bridgehead atoms. The van der Waals surface area contributed by atoms with Gasteiger partial charge in [0, 0.05) is 13.1 Å². The lowest BCUT2D eigenvalue weighted by Gasteiger charge is -2.21. The number of ether oxygens (including phenoxy) is 1. The van der Waals surface area contributed by atoms with Crippen LogP contribution in [0.15, 0.2) is 30.3 Å². The number of aliphatic hydroxyl groups is 2. The molecule has 18 heavy (non-hydrogen) atoms. The van der Waals surface area contributed by atoms with Crippen LogP contribution in [0.1, 0.15) is 18.6 Å². The maximum absolute atomic E-state index is 11.2. The fourth-order valence-corrected chi connectivity index (χ4v) is 1.54. The summed E-state index contributed by atoms with van der Waals surface area (Å²) in [4.78, 5) is 11.2. The van der Waals surface area contributed by atoms with E-state index in [1.54, 1.807) is 0 Å². The predicted octanol–water partition coefficient (Wildman–Crippen LogP) is 0.234. The van der Waals surface area contributed by atoms with Crippen LogP contribution >= 0.6 is 0 Å². The summed E-state index contributed by atoms with van der Waals surface area (Å²) in [6.07, 6.45) is -0.681. The smallest absolute Gasteiger partial charge is 0.338 e. The Labute approximate surface area is 106 Å². The molecular weight excluding hydrogens is 234 g/mol. The van der Waals surface area contributed by atoms with Crippen molar-refractivity contribution in [3.63, 3.8) is 0 Å². The Balaban J connectivity index is 2.40. The summed E-state index contributed by atoms with van der Waals surface area (Å²) in [5.74, 6) is -0.704. The molecule has 1 aromatic carbocycles. The minimum absolute atomic E-state index is 0.0174. The lowest BCUT2D eigenvalue weighted by molar-refractivity contribution is -0.160. The van der Waals surface area contributed by atoms with Gasteiger partial charge in [-0.05, 0) is 12.5 Å². The molecule has 5 heteroatoms. The van der Waals surface area contributed by atoms with E-state index >= 15 is 0 Å². The van der Waals surface area contributed by atoms with Crippen LogP contribution in [0.4, 0.5) is 0 Å². The second kappa shape index (κ2) is 6.49. The van der Waals surface area contributed by atoms with Crippen LogP contribution in [0.2, 0.25) is 0 Å². The highest BCUT2D eigenvalue weighted by molar-refractivity contribution is 5.78. The maximum atomic E-state index is 11.2. The zero-order valence-electron chi connectivity index (χ0n) is 10.6. The number of carbonyl (C=O) groups excluding carboxylic acids is 1. The molecule has 0 aliphatic carbocycles. The highest BCUT2D eigenvalue weighted by Crippen LogP contribution is 2.11. The van der Waals surface area contributed by atoms with Crippen molar-refractivity contribution in [3.05, 3.63) is 35.9 Å². The first-order chi connectivity index (χ1) is 8.47. The van der Waals surface area contributed by atoms with Gasteiger partial charge in [-0.25, -0.2) is 4.79 Å². The quantitative estimate of drug-likeness (QED) is 0.633. The largest absolute Gasteiger partial charge is 0.467 e.